The zero-order chi connectivity index (χ0) is 26.9. The fraction of sp³-hybridized carbons (Fsp3) is 0.842. The molecule has 1 nitrogen and oxygen atoms in total. The predicted molar refractivity (Wildman–Crippen MR) is 169 cm³/mol. The van der Waals surface area contributed by atoms with Crippen molar-refractivity contribution in [2.75, 3.05) is 6.54 Å². The lowest BCUT2D eigenvalue weighted by atomic mass is 9.54. The van der Waals surface area contributed by atoms with Gasteiger partial charge in [-0.3, -0.25) is 0 Å². The molecule has 0 heterocycles. The van der Waals surface area contributed by atoms with E-state index in [2.05, 4.69) is 43.4 Å². The van der Waals surface area contributed by atoms with E-state index in [1.54, 1.807) is 38.5 Å². The Bertz CT molecular complexity index is 785. The number of hydrogen-bond donors (Lipinski definition) is 1. The summed E-state index contributed by atoms with van der Waals surface area (Å²) in [5.41, 5.74) is 5.71. The lowest BCUT2D eigenvalue weighted by Crippen LogP contribution is -2.43. The second-order valence-corrected chi connectivity index (χ2v) is 14.8. The van der Waals surface area contributed by atoms with Crippen molar-refractivity contribution in [2.45, 2.75) is 135 Å². The molecule has 1 heteroatoms. The molecular formula is C38H63N. The Kier molecular flexibility index (Phi) is 11.7. The van der Waals surface area contributed by atoms with Crippen LogP contribution in [-0.2, 0) is 0 Å². The number of rotatable bonds is 11. The summed E-state index contributed by atoms with van der Waals surface area (Å²) in [6, 6.07) is 0. The van der Waals surface area contributed by atoms with Crippen LogP contribution in [0.3, 0.4) is 0 Å². The van der Waals surface area contributed by atoms with Gasteiger partial charge in [-0.1, -0.05) is 81.4 Å². The van der Waals surface area contributed by atoms with Gasteiger partial charge in [0, 0.05) is 0 Å². The lowest BCUT2D eigenvalue weighted by Gasteiger charge is -2.52. The Morgan fingerprint density at radius 3 is 2.13 bits per heavy atom. The Morgan fingerprint density at radius 1 is 0.641 bits per heavy atom. The summed E-state index contributed by atoms with van der Waals surface area (Å²) in [5, 5.41) is 0. The van der Waals surface area contributed by atoms with E-state index in [9.17, 15) is 0 Å². The molecule has 8 atom stereocenters. The Hall–Kier alpha value is -0.820. The normalized spacial score (nSPS) is 41.1. The molecule has 3 saturated carbocycles. The van der Waals surface area contributed by atoms with Crippen LogP contribution < -0.4 is 5.73 Å². The summed E-state index contributed by atoms with van der Waals surface area (Å²) in [7, 11) is 0. The Labute approximate surface area is 242 Å². The number of unbranched alkanes of at least 4 members (excludes halogenated alkanes) is 2. The van der Waals surface area contributed by atoms with Crippen molar-refractivity contribution in [3.8, 4) is 0 Å². The molecular weight excluding hydrogens is 470 g/mol. The smallest absolute Gasteiger partial charge is 0.00773 e. The first-order chi connectivity index (χ1) is 19.3. The minimum absolute atomic E-state index is 0.806. The van der Waals surface area contributed by atoms with Gasteiger partial charge >= 0.3 is 0 Å². The number of hydrogen-bond acceptors (Lipinski definition) is 1. The molecule has 3 fully saturated rings. The summed E-state index contributed by atoms with van der Waals surface area (Å²) in [4.78, 5) is 0. The molecule has 2 N–H and O–H groups in total. The third kappa shape index (κ3) is 7.93. The average Bonchev–Trinajstić information content (AvgIpc) is 3.00. The van der Waals surface area contributed by atoms with Crippen molar-refractivity contribution in [3.63, 3.8) is 0 Å². The first-order valence-electron chi connectivity index (χ1n) is 17.9. The van der Waals surface area contributed by atoms with Crippen LogP contribution in [0.4, 0.5) is 0 Å². The standard InChI is InChI=1S/C38H63N/c1-2-3-5-12-30-13-10-14-34(28-30)31-21-23-33(24-22-31)36-26-25-35(37-15-7-8-16-38(36)37)32-19-17-29(18-20-32)11-6-4-9-27-39/h2-3,10,14,21,23,29-38H,4-9,11-13,15-20,22,24-28,39H2,1H3/b3-2-. The fourth-order valence-corrected chi connectivity index (χ4v) is 10.5. The van der Waals surface area contributed by atoms with Gasteiger partial charge in [0.2, 0.25) is 0 Å². The van der Waals surface area contributed by atoms with E-state index in [1.807, 2.05) is 0 Å². The van der Waals surface area contributed by atoms with Crippen LogP contribution in [0.5, 0.6) is 0 Å². The van der Waals surface area contributed by atoms with E-state index in [0.717, 1.165) is 65.7 Å². The summed E-state index contributed by atoms with van der Waals surface area (Å²) >= 11 is 0. The van der Waals surface area contributed by atoms with E-state index in [-0.39, 0.29) is 0 Å². The molecule has 0 aromatic rings. The molecule has 5 rings (SSSR count). The van der Waals surface area contributed by atoms with Crippen molar-refractivity contribution in [1.29, 1.82) is 0 Å². The summed E-state index contributed by atoms with van der Waals surface area (Å²) < 4.78 is 0. The average molecular weight is 534 g/mol. The van der Waals surface area contributed by atoms with Crippen molar-refractivity contribution < 1.29 is 0 Å². The summed E-state index contributed by atoms with van der Waals surface area (Å²) in [5.74, 6) is 9.67. The Morgan fingerprint density at radius 2 is 1.38 bits per heavy atom. The van der Waals surface area contributed by atoms with E-state index in [4.69, 9.17) is 5.73 Å². The highest BCUT2D eigenvalue weighted by Gasteiger charge is 2.45. The molecule has 0 aromatic carbocycles. The lowest BCUT2D eigenvalue weighted by molar-refractivity contribution is -0.0101. The topological polar surface area (TPSA) is 26.0 Å². The van der Waals surface area contributed by atoms with E-state index < -0.39 is 0 Å². The fourth-order valence-electron chi connectivity index (χ4n) is 10.5. The maximum atomic E-state index is 5.71. The van der Waals surface area contributed by atoms with Crippen LogP contribution in [0.25, 0.3) is 0 Å². The van der Waals surface area contributed by atoms with Crippen molar-refractivity contribution >= 4 is 0 Å². The van der Waals surface area contributed by atoms with Gasteiger partial charge in [0.1, 0.15) is 0 Å². The van der Waals surface area contributed by atoms with Crippen LogP contribution in [0.2, 0.25) is 0 Å². The highest BCUT2D eigenvalue weighted by molar-refractivity contribution is 5.09. The third-order valence-electron chi connectivity index (χ3n) is 12.6. The van der Waals surface area contributed by atoms with Crippen molar-refractivity contribution in [1.82, 2.24) is 0 Å². The monoisotopic (exact) mass is 533 g/mol. The number of nitrogens with two attached hydrogens (primary N) is 1. The molecule has 0 bridgehead atoms. The van der Waals surface area contributed by atoms with Crippen LogP contribution in [0, 0.1) is 59.2 Å². The van der Waals surface area contributed by atoms with E-state index >= 15 is 0 Å². The first kappa shape index (κ1) is 29.7. The van der Waals surface area contributed by atoms with Gasteiger partial charge in [0.05, 0.1) is 0 Å². The molecule has 0 saturated heterocycles. The second kappa shape index (κ2) is 15.4. The van der Waals surface area contributed by atoms with Crippen LogP contribution in [0.15, 0.2) is 36.5 Å². The molecule has 0 aliphatic heterocycles. The second-order valence-electron chi connectivity index (χ2n) is 14.8. The number of fused-ring (bicyclic) bond motifs is 1. The van der Waals surface area contributed by atoms with Crippen LogP contribution >= 0.6 is 0 Å². The summed E-state index contributed by atoms with van der Waals surface area (Å²) in [6.45, 7) is 3.04. The van der Waals surface area contributed by atoms with Gasteiger partial charge in [-0.05, 0) is 156 Å². The zero-order valence-electron chi connectivity index (χ0n) is 25.7. The van der Waals surface area contributed by atoms with Gasteiger partial charge in [0.15, 0.2) is 0 Å². The highest BCUT2D eigenvalue weighted by Crippen LogP contribution is 2.55. The minimum atomic E-state index is 0.806. The summed E-state index contributed by atoms with van der Waals surface area (Å²) in [6.07, 6.45) is 44.4. The van der Waals surface area contributed by atoms with Crippen molar-refractivity contribution in [2.24, 2.45) is 64.9 Å². The van der Waals surface area contributed by atoms with E-state index in [0.29, 0.717) is 0 Å². The molecule has 39 heavy (non-hydrogen) atoms. The molecule has 0 spiro atoms. The minimum Gasteiger partial charge on any atom is -0.330 e. The largest absolute Gasteiger partial charge is 0.330 e. The molecule has 0 aromatic heterocycles. The van der Waals surface area contributed by atoms with Gasteiger partial charge in [-0.15, -0.1) is 0 Å². The zero-order valence-corrected chi connectivity index (χ0v) is 25.7. The van der Waals surface area contributed by atoms with Crippen LogP contribution in [-0.4, -0.2) is 6.54 Å². The maximum absolute atomic E-state index is 5.71. The Balaban J connectivity index is 1.12. The molecule has 8 unspecified atom stereocenters. The molecule has 220 valence electrons. The van der Waals surface area contributed by atoms with Crippen LogP contribution in [0.1, 0.15) is 135 Å². The quantitative estimate of drug-likeness (QED) is 0.207. The predicted octanol–water partition coefficient (Wildman–Crippen LogP) is 10.7. The molecule has 0 radical (unpaired) electrons. The van der Waals surface area contributed by atoms with Crippen molar-refractivity contribution in [3.05, 3.63) is 36.5 Å². The van der Waals surface area contributed by atoms with Gasteiger partial charge in [-0.2, -0.15) is 0 Å². The third-order valence-corrected chi connectivity index (χ3v) is 12.6. The first-order valence-corrected chi connectivity index (χ1v) is 17.9. The maximum Gasteiger partial charge on any atom is -0.00773 e. The molecule has 5 aliphatic rings. The molecule has 5 aliphatic carbocycles. The molecule has 0 amide bonds. The number of allylic oxidation sites excluding steroid dienone is 6. The van der Waals surface area contributed by atoms with Gasteiger partial charge in [0.25, 0.3) is 0 Å². The SMILES string of the molecule is C/C=C\CCC1CC=CC(C2C=CC(C3CCC(C4CCC(CCCCCN)CC4)C4CCCCC34)CC2)C1. The van der Waals surface area contributed by atoms with Gasteiger partial charge < -0.3 is 5.73 Å². The highest BCUT2D eigenvalue weighted by atomic mass is 14.5. The van der Waals surface area contributed by atoms with Gasteiger partial charge in [-0.25, -0.2) is 0 Å². The van der Waals surface area contributed by atoms with E-state index in [1.165, 1.54) is 89.9 Å².